The summed E-state index contributed by atoms with van der Waals surface area (Å²) in [4.78, 5) is 7.64. The average molecular weight is 496 g/mol. The van der Waals surface area contributed by atoms with Crippen molar-refractivity contribution in [3.8, 4) is 17.1 Å². The minimum Gasteiger partial charge on any atom is -0.497 e. The highest BCUT2D eigenvalue weighted by molar-refractivity contribution is 5.56. The van der Waals surface area contributed by atoms with Crippen LogP contribution in [0.3, 0.4) is 0 Å². The van der Waals surface area contributed by atoms with Gasteiger partial charge in [-0.15, -0.1) is 0 Å². The molecule has 1 unspecified atom stereocenters. The van der Waals surface area contributed by atoms with Crippen molar-refractivity contribution in [3.05, 3.63) is 108 Å². The predicted molar refractivity (Wildman–Crippen MR) is 154 cm³/mol. The molecule has 1 aromatic heterocycles. The van der Waals surface area contributed by atoms with Crippen molar-refractivity contribution in [3.63, 3.8) is 0 Å². The van der Waals surface area contributed by atoms with Gasteiger partial charge in [0, 0.05) is 25.2 Å². The van der Waals surface area contributed by atoms with E-state index in [2.05, 4.69) is 108 Å². The molecule has 0 bridgehead atoms. The van der Waals surface area contributed by atoms with Gasteiger partial charge in [-0.25, -0.2) is 4.98 Å². The van der Waals surface area contributed by atoms with Gasteiger partial charge in [0.2, 0.25) is 0 Å². The lowest BCUT2D eigenvalue weighted by atomic mass is 10.0. The number of rotatable bonds is 14. The molecule has 0 aliphatic heterocycles. The van der Waals surface area contributed by atoms with Gasteiger partial charge < -0.3 is 9.30 Å². The van der Waals surface area contributed by atoms with Crippen molar-refractivity contribution in [2.24, 2.45) is 0 Å². The second-order valence-electron chi connectivity index (χ2n) is 9.78. The number of benzene rings is 3. The van der Waals surface area contributed by atoms with E-state index < -0.39 is 0 Å². The van der Waals surface area contributed by atoms with Crippen LogP contribution in [-0.4, -0.2) is 21.6 Å². The number of methoxy groups -OCH3 is 1. The first-order chi connectivity index (χ1) is 18.2. The molecule has 1 atom stereocenters. The summed E-state index contributed by atoms with van der Waals surface area (Å²) in [6, 6.07) is 30.2. The average Bonchev–Trinajstić information content (AvgIpc) is 3.36. The summed E-state index contributed by atoms with van der Waals surface area (Å²) < 4.78 is 8.04. The van der Waals surface area contributed by atoms with Crippen molar-refractivity contribution in [1.82, 2.24) is 14.5 Å². The zero-order valence-corrected chi connectivity index (χ0v) is 22.6. The fourth-order valence-corrected chi connectivity index (χ4v) is 5.04. The van der Waals surface area contributed by atoms with Crippen LogP contribution in [0.2, 0.25) is 0 Å². The van der Waals surface area contributed by atoms with Gasteiger partial charge in [-0.05, 0) is 36.1 Å². The first-order valence-electron chi connectivity index (χ1n) is 13.7. The molecule has 4 rings (SSSR count). The molecule has 4 nitrogen and oxygen atoms in total. The standard InChI is InChI=1S/C33H41N3O/c1-4-6-21-31(32-24-34-33(36(32)22-7-5-2)29-18-12-9-13-19-29)35(25-27-15-10-8-11-16-27)26-28-17-14-20-30(23-28)37-3/h8-20,23-24,31H,4-7,21-22,25-26H2,1-3H3. The third kappa shape index (κ3) is 7.11. The Morgan fingerprint density at radius 2 is 1.49 bits per heavy atom. The number of ether oxygens (including phenoxy) is 1. The fourth-order valence-electron chi connectivity index (χ4n) is 5.04. The van der Waals surface area contributed by atoms with E-state index in [-0.39, 0.29) is 6.04 Å². The number of unbranched alkanes of at least 4 members (excludes halogenated alkanes) is 2. The fraction of sp³-hybridized carbons (Fsp3) is 0.364. The van der Waals surface area contributed by atoms with Gasteiger partial charge >= 0.3 is 0 Å². The van der Waals surface area contributed by atoms with Gasteiger partial charge in [-0.1, -0.05) is 106 Å². The summed E-state index contributed by atoms with van der Waals surface area (Å²) in [7, 11) is 1.74. The molecule has 3 aromatic carbocycles. The molecule has 0 saturated heterocycles. The zero-order chi connectivity index (χ0) is 25.9. The summed E-state index contributed by atoms with van der Waals surface area (Å²) in [6.45, 7) is 7.26. The Bertz CT molecular complexity index is 1200. The van der Waals surface area contributed by atoms with Crippen LogP contribution < -0.4 is 4.74 Å². The predicted octanol–water partition coefficient (Wildman–Crippen LogP) is 8.29. The second kappa shape index (κ2) is 13.8. The molecule has 0 aliphatic rings. The van der Waals surface area contributed by atoms with Gasteiger partial charge in [-0.2, -0.15) is 0 Å². The topological polar surface area (TPSA) is 30.3 Å². The molecule has 4 heteroatoms. The van der Waals surface area contributed by atoms with E-state index in [1.165, 1.54) is 35.2 Å². The number of hydrogen-bond acceptors (Lipinski definition) is 3. The van der Waals surface area contributed by atoms with Crippen LogP contribution in [0.5, 0.6) is 5.75 Å². The number of nitrogens with zero attached hydrogens (tertiary/aromatic N) is 3. The lowest BCUT2D eigenvalue weighted by molar-refractivity contribution is 0.159. The van der Waals surface area contributed by atoms with Gasteiger partial charge in [-0.3, -0.25) is 4.90 Å². The van der Waals surface area contributed by atoms with Crippen LogP contribution in [-0.2, 0) is 19.6 Å². The second-order valence-corrected chi connectivity index (χ2v) is 9.78. The monoisotopic (exact) mass is 495 g/mol. The van der Waals surface area contributed by atoms with Crippen molar-refractivity contribution >= 4 is 0 Å². The Morgan fingerprint density at radius 3 is 2.19 bits per heavy atom. The summed E-state index contributed by atoms with van der Waals surface area (Å²) >= 11 is 0. The molecule has 0 amide bonds. The maximum atomic E-state index is 5.55. The van der Waals surface area contributed by atoms with Crippen molar-refractivity contribution in [2.75, 3.05) is 7.11 Å². The van der Waals surface area contributed by atoms with Crippen LogP contribution in [0.4, 0.5) is 0 Å². The molecule has 37 heavy (non-hydrogen) atoms. The highest BCUT2D eigenvalue weighted by Gasteiger charge is 2.26. The maximum absolute atomic E-state index is 5.55. The Labute approximate surface area is 222 Å². The Hall–Kier alpha value is -3.37. The molecule has 1 heterocycles. The van der Waals surface area contributed by atoms with E-state index >= 15 is 0 Å². The Balaban J connectivity index is 1.77. The van der Waals surface area contributed by atoms with Crippen LogP contribution >= 0.6 is 0 Å². The number of aromatic nitrogens is 2. The van der Waals surface area contributed by atoms with Crippen molar-refractivity contribution in [1.29, 1.82) is 0 Å². The summed E-state index contributed by atoms with van der Waals surface area (Å²) in [5.74, 6) is 1.98. The Kier molecular flexibility index (Phi) is 9.96. The van der Waals surface area contributed by atoms with Gasteiger partial charge in [0.25, 0.3) is 0 Å². The lowest BCUT2D eigenvalue weighted by Crippen LogP contribution is -2.30. The van der Waals surface area contributed by atoms with E-state index in [1.807, 2.05) is 6.07 Å². The molecular formula is C33H41N3O. The molecule has 0 N–H and O–H groups in total. The minimum absolute atomic E-state index is 0.258. The first-order valence-corrected chi connectivity index (χ1v) is 13.7. The van der Waals surface area contributed by atoms with Crippen molar-refractivity contribution in [2.45, 2.75) is 71.6 Å². The quantitative estimate of drug-likeness (QED) is 0.176. The largest absolute Gasteiger partial charge is 0.497 e. The molecule has 194 valence electrons. The number of imidazole rings is 1. The molecule has 0 radical (unpaired) electrons. The van der Waals surface area contributed by atoms with Crippen LogP contribution in [0, 0.1) is 0 Å². The lowest BCUT2D eigenvalue weighted by Gasteiger charge is -2.33. The highest BCUT2D eigenvalue weighted by atomic mass is 16.5. The molecule has 0 fully saturated rings. The summed E-state index contributed by atoms with van der Waals surface area (Å²) in [6.07, 6.45) is 7.87. The Morgan fingerprint density at radius 1 is 0.811 bits per heavy atom. The summed E-state index contributed by atoms with van der Waals surface area (Å²) in [5.41, 5.74) is 5.09. The van der Waals surface area contributed by atoms with Crippen LogP contribution in [0.15, 0.2) is 91.1 Å². The molecular weight excluding hydrogens is 454 g/mol. The minimum atomic E-state index is 0.258. The van der Waals surface area contributed by atoms with Crippen molar-refractivity contribution < 1.29 is 4.74 Å². The third-order valence-corrected chi connectivity index (χ3v) is 7.02. The van der Waals surface area contributed by atoms with E-state index in [9.17, 15) is 0 Å². The third-order valence-electron chi connectivity index (χ3n) is 7.02. The van der Waals surface area contributed by atoms with E-state index in [4.69, 9.17) is 9.72 Å². The SMILES string of the molecule is CCCCC(c1cnc(-c2ccccc2)n1CCCC)N(Cc1ccccc1)Cc1cccc(OC)c1. The molecule has 4 aromatic rings. The van der Waals surface area contributed by atoms with Gasteiger partial charge in [0.15, 0.2) is 0 Å². The van der Waals surface area contributed by atoms with E-state index in [1.54, 1.807) is 7.11 Å². The van der Waals surface area contributed by atoms with Crippen LogP contribution in [0.25, 0.3) is 11.4 Å². The molecule has 0 saturated carbocycles. The van der Waals surface area contributed by atoms with Gasteiger partial charge in [0.05, 0.1) is 25.0 Å². The molecule has 0 spiro atoms. The van der Waals surface area contributed by atoms with E-state index in [0.29, 0.717) is 0 Å². The van der Waals surface area contributed by atoms with Crippen LogP contribution in [0.1, 0.15) is 68.8 Å². The zero-order valence-electron chi connectivity index (χ0n) is 22.6. The summed E-state index contributed by atoms with van der Waals surface area (Å²) in [5, 5.41) is 0. The maximum Gasteiger partial charge on any atom is 0.140 e. The first kappa shape index (κ1) is 26.7. The molecule has 0 aliphatic carbocycles. The number of hydrogen-bond donors (Lipinski definition) is 0. The van der Waals surface area contributed by atoms with Gasteiger partial charge in [0.1, 0.15) is 11.6 Å². The highest BCUT2D eigenvalue weighted by Crippen LogP contribution is 2.33. The normalized spacial score (nSPS) is 12.1. The van der Waals surface area contributed by atoms with E-state index in [0.717, 1.165) is 50.5 Å². The smallest absolute Gasteiger partial charge is 0.140 e.